The van der Waals surface area contributed by atoms with Gasteiger partial charge in [-0.15, -0.1) is 0 Å². The zero-order valence-electron chi connectivity index (χ0n) is 15.0. The monoisotopic (exact) mass is 348 g/mol. The van der Waals surface area contributed by atoms with Gasteiger partial charge in [-0.2, -0.15) is 0 Å². The third-order valence-electron chi connectivity index (χ3n) is 4.86. The van der Waals surface area contributed by atoms with Crippen molar-refractivity contribution in [3.63, 3.8) is 0 Å². The summed E-state index contributed by atoms with van der Waals surface area (Å²) in [5.74, 6) is 1.49. The van der Waals surface area contributed by atoms with Crippen LogP contribution in [0.3, 0.4) is 0 Å². The summed E-state index contributed by atoms with van der Waals surface area (Å²) in [5, 5.41) is 1.03. The number of anilines is 1. The average molecular weight is 348 g/mol. The molecule has 0 saturated carbocycles. The second-order valence-corrected chi connectivity index (χ2v) is 6.32. The minimum absolute atomic E-state index is 0.146. The number of allylic oxidation sites excluding steroid dienone is 1. The Morgan fingerprint density at radius 1 is 1.23 bits per heavy atom. The zero-order chi connectivity index (χ0) is 18.4. The Balaban J connectivity index is 1.89. The second-order valence-electron chi connectivity index (χ2n) is 6.32. The molecule has 0 bridgehead atoms. The predicted molar refractivity (Wildman–Crippen MR) is 103 cm³/mol. The molecule has 0 amide bonds. The zero-order valence-corrected chi connectivity index (χ0v) is 15.0. The predicted octanol–water partition coefficient (Wildman–Crippen LogP) is 4.18. The highest BCUT2D eigenvalue weighted by Gasteiger charge is 2.28. The van der Waals surface area contributed by atoms with Gasteiger partial charge in [-0.1, -0.05) is 0 Å². The number of methoxy groups -OCH3 is 1. The van der Waals surface area contributed by atoms with E-state index in [9.17, 15) is 4.79 Å². The number of carbonyl (C=O) groups excluding carboxylic acids is 1. The van der Waals surface area contributed by atoms with Crippen LogP contribution in [0.5, 0.6) is 11.5 Å². The first-order chi connectivity index (χ1) is 12.5. The van der Waals surface area contributed by atoms with Crippen LogP contribution < -0.4 is 15.2 Å². The molecular weight excluding hydrogens is 328 g/mol. The molecule has 0 atom stereocenters. The number of hydrogen-bond acceptors (Lipinski definition) is 4. The molecule has 3 aromatic rings. The van der Waals surface area contributed by atoms with E-state index < -0.39 is 0 Å². The van der Waals surface area contributed by atoms with E-state index in [2.05, 4.69) is 11.5 Å². The number of ketones is 1. The molecule has 2 N–H and O–H groups in total. The maximum atomic E-state index is 12.7. The third kappa shape index (κ3) is 2.36. The molecule has 132 valence electrons. The minimum atomic E-state index is -0.146. The normalized spacial score (nSPS) is 14.7. The van der Waals surface area contributed by atoms with Crippen molar-refractivity contribution in [1.29, 1.82) is 0 Å². The fourth-order valence-corrected chi connectivity index (χ4v) is 3.54. The minimum Gasteiger partial charge on any atom is -0.497 e. The number of carbonyl (C=O) groups is 1. The summed E-state index contributed by atoms with van der Waals surface area (Å²) in [6.07, 6.45) is 1.82. The van der Waals surface area contributed by atoms with Gasteiger partial charge in [-0.3, -0.25) is 4.79 Å². The van der Waals surface area contributed by atoms with Gasteiger partial charge < -0.3 is 19.8 Å². The number of nitrogen functional groups attached to an aromatic ring is 1. The van der Waals surface area contributed by atoms with Crippen LogP contribution >= 0.6 is 0 Å². The van der Waals surface area contributed by atoms with Crippen LogP contribution in [-0.4, -0.2) is 17.5 Å². The molecule has 0 spiro atoms. The summed E-state index contributed by atoms with van der Waals surface area (Å²) in [7, 11) is 1.65. The molecule has 26 heavy (non-hydrogen) atoms. The summed E-state index contributed by atoms with van der Waals surface area (Å²) < 4.78 is 13.4. The van der Waals surface area contributed by atoms with Crippen LogP contribution in [0, 0.1) is 6.92 Å². The number of fused-ring (bicyclic) bond motifs is 2. The van der Waals surface area contributed by atoms with Crippen LogP contribution in [0.1, 0.15) is 28.5 Å². The molecule has 0 radical (unpaired) electrons. The third-order valence-corrected chi connectivity index (χ3v) is 4.86. The van der Waals surface area contributed by atoms with Crippen molar-refractivity contribution in [3.8, 4) is 11.5 Å². The molecule has 4 rings (SSSR count). The highest BCUT2D eigenvalue weighted by molar-refractivity contribution is 6.15. The number of rotatable bonds is 3. The van der Waals surface area contributed by atoms with E-state index in [1.54, 1.807) is 25.3 Å². The first-order valence-corrected chi connectivity index (χ1v) is 8.54. The lowest BCUT2D eigenvalue weighted by atomic mass is 10.1. The smallest absolute Gasteiger partial charge is 0.232 e. The van der Waals surface area contributed by atoms with Gasteiger partial charge in [0, 0.05) is 34.4 Å². The van der Waals surface area contributed by atoms with Crippen molar-refractivity contribution in [1.82, 2.24) is 4.57 Å². The van der Waals surface area contributed by atoms with Crippen LogP contribution in [0.2, 0.25) is 0 Å². The lowest BCUT2D eigenvalue weighted by molar-refractivity contribution is 0.101. The van der Waals surface area contributed by atoms with Gasteiger partial charge in [-0.25, -0.2) is 0 Å². The number of aromatic nitrogens is 1. The molecule has 5 heteroatoms. The maximum absolute atomic E-state index is 12.7. The SMILES string of the molecule is CCn1c(C)c(/C=C2\Oc3ccc(N)cc3C2=O)c2cc(OC)ccc21. The number of aryl methyl sites for hydroxylation is 1. The molecule has 2 aromatic carbocycles. The van der Waals surface area contributed by atoms with Crippen molar-refractivity contribution < 1.29 is 14.3 Å². The molecule has 1 aromatic heterocycles. The molecule has 2 heterocycles. The molecule has 1 aliphatic rings. The summed E-state index contributed by atoms with van der Waals surface area (Å²) >= 11 is 0. The summed E-state index contributed by atoms with van der Waals surface area (Å²) in [6.45, 7) is 4.99. The molecular formula is C21H20N2O3. The van der Waals surface area contributed by atoms with Gasteiger partial charge >= 0.3 is 0 Å². The average Bonchev–Trinajstić information content (AvgIpc) is 3.09. The number of hydrogen-bond donors (Lipinski definition) is 1. The standard InChI is InChI=1S/C21H20N2O3/c1-4-23-12(2)15(16-10-14(25-3)6-7-18(16)23)11-20-21(24)17-9-13(22)5-8-19(17)26-20/h5-11H,4,22H2,1-3H3/b20-11-. The number of Topliss-reactive ketones (excluding diaryl/α,β-unsaturated/α-hetero) is 1. The highest BCUT2D eigenvalue weighted by Crippen LogP contribution is 2.36. The lowest BCUT2D eigenvalue weighted by Gasteiger charge is -2.04. The van der Waals surface area contributed by atoms with E-state index in [-0.39, 0.29) is 5.78 Å². The first-order valence-electron chi connectivity index (χ1n) is 8.54. The number of benzene rings is 2. The van der Waals surface area contributed by atoms with E-state index in [0.717, 1.165) is 34.5 Å². The first kappa shape index (κ1) is 16.3. The van der Waals surface area contributed by atoms with E-state index in [1.165, 1.54) is 0 Å². The summed E-state index contributed by atoms with van der Waals surface area (Å²) in [6, 6.07) is 11.1. The highest BCUT2D eigenvalue weighted by atomic mass is 16.5. The van der Waals surface area contributed by atoms with Gasteiger partial charge in [0.25, 0.3) is 0 Å². The fourth-order valence-electron chi connectivity index (χ4n) is 3.54. The van der Waals surface area contributed by atoms with Crippen molar-refractivity contribution in [3.05, 3.63) is 59.0 Å². The van der Waals surface area contributed by atoms with E-state index in [0.29, 0.717) is 22.8 Å². The number of nitrogens with zero attached hydrogens (tertiary/aromatic N) is 1. The summed E-state index contributed by atoms with van der Waals surface area (Å²) in [4.78, 5) is 12.7. The Morgan fingerprint density at radius 3 is 2.77 bits per heavy atom. The van der Waals surface area contributed by atoms with Crippen molar-refractivity contribution in [2.45, 2.75) is 20.4 Å². The van der Waals surface area contributed by atoms with Crippen LogP contribution in [0.15, 0.2) is 42.2 Å². The van der Waals surface area contributed by atoms with E-state index >= 15 is 0 Å². The fraction of sp³-hybridized carbons (Fsp3) is 0.190. The topological polar surface area (TPSA) is 66.5 Å². The number of ether oxygens (including phenoxy) is 2. The van der Waals surface area contributed by atoms with Crippen LogP contribution in [0.25, 0.3) is 17.0 Å². The van der Waals surface area contributed by atoms with Gasteiger partial charge in [0.1, 0.15) is 11.5 Å². The lowest BCUT2D eigenvalue weighted by Crippen LogP contribution is -2.00. The van der Waals surface area contributed by atoms with Crippen molar-refractivity contribution in [2.75, 3.05) is 12.8 Å². The Bertz CT molecular complexity index is 1080. The second kappa shape index (κ2) is 5.95. The molecule has 5 nitrogen and oxygen atoms in total. The molecule has 0 fully saturated rings. The Labute approximate surface area is 151 Å². The molecule has 0 saturated heterocycles. The van der Waals surface area contributed by atoms with Gasteiger partial charge in [0.2, 0.25) is 5.78 Å². The largest absolute Gasteiger partial charge is 0.497 e. The molecule has 0 aliphatic carbocycles. The van der Waals surface area contributed by atoms with Crippen LogP contribution in [-0.2, 0) is 6.54 Å². The summed E-state index contributed by atoms with van der Waals surface area (Å²) in [5.41, 5.74) is 9.99. The Morgan fingerprint density at radius 2 is 2.04 bits per heavy atom. The number of nitrogens with two attached hydrogens (primary N) is 1. The Hall–Kier alpha value is -3.21. The Kier molecular flexibility index (Phi) is 3.72. The van der Waals surface area contributed by atoms with Crippen molar-refractivity contribution in [2.24, 2.45) is 0 Å². The van der Waals surface area contributed by atoms with Crippen LogP contribution in [0.4, 0.5) is 5.69 Å². The molecule has 0 unspecified atom stereocenters. The van der Waals surface area contributed by atoms with Crippen molar-refractivity contribution >= 4 is 28.4 Å². The van der Waals surface area contributed by atoms with Gasteiger partial charge in [0.05, 0.1) is 12.7 Å². The van der Waals surface area contributed by atoms with Gasteiger partial charge in [-0.05, 0) is 56.3 Å². The quantitative estimate of drug-likeness (QED) is 0.570. The molecule has 1 aliphatic heterocycles. The maximum Gasteiger partial charge on any atom is 0.232 e. The van der Waals surface area contributed by atoms with Gasteiger partial charge in [0.15, 0.2) is 5.76 Å². The van der Waals surface area contributed by atoms with E-state index in [4.69, 9.17) is 15.2 Å². The van der Waals surface area contributed by atoms with E-state index in [1.807, 2.05) is 31.2 Å².